The van der Waals surface area contributed by atoms with Crippen LogP contribution in [0.5, 0.6) is 0 Å². The standard InChI is InChI=1S/C16H26/c1-3-5-7-9-11-13-15-16-14-12-10-8-6-4-2/h3,7,9,12-15H,1,4-6,8,10-11,16H2,2H3/b9-7+,14-12+,15-13+. The van der Waals surface area contributed by atoms with E-state index in [0.717, 1.165) is 19.3 Å². The number of rotatable bonds is 10. The molecule has 0 aliphatic carbocycles. The molecule has 0 bridgehead atoms. The molecule has 0 rings (SSSR count). The Morgan fingerprint density at radius 2 is 1.31 bits per heavy atom. The second kappa shape index (κ2) is 14.0. The molecule has 0 spiro atoms. The first-order chi connectivity index (χ1) is 7.91. The van der Waals surface area contributed by atoms with E-state index in [1.807, 2.05) is 6.08 Å². The zero-order valence-corrected chi connectivity index (χ0v) is 10.7. The van der Waals surface area contributed by atoms with Gasteiger partial charge in [-0.1, -0.05) is 62.3 Å². The Morgan fingerprint density at radius 1 is 0.750 bits per heavy atom. The third-order valence-electron chi connectivity index (χ3n) is 2.32. The molecule has 0 aromatic heterocycles. The third kappa shape index (κ3) is 13.0. The van der Waals surface area contributed by atoms with Gasteiger partial charge in [-0.15, -0.1) is 6.58 Å². The van der Waals surface area contributed by atoms with Crippen LogP contribution in [0.2, 0.25) is 0 Å². The van der Waals surface area contributed by atoms with Gasteiger partial charge in [0.15, 0.2) is 0 Å². The molecule has 90 valence electrons. The summed E-state index contributed by atoms with van der Waals surface area (Å²) in [4.78, 5) is 0. The van der Waals surface area contributed by atoms with Crippen molar-refractivity contribution < 1.29 is 0 Å². The van der Waals surface area contributed by atoms with E-state index >= 15 is 0 Å². The van der Waals surface area contributed by atoms with E-state index in [4.69, 9.17) is 0 Å². The van der Waals surface area contributed by atoms with Gasteiger partial charge in [0.05, 0.1) is 0 Å². The number of hydrogen-bond donors (Lipinski definition) is 0. The minimum atomic E-state index is 0.977. The van der Waals surface area contributed by atoms with Crippen LogP contribution in [0.3, 0.4) is 0 Å². The molecule has 0 aliphatic heterocycles. The van der Waals surface area contributed by atoms with Gasteiger partial charge in [0.1, 0.15) is 0 Å². The normalized spacial score (nSPS) is 12.1. The first-order valence-electron chi connectivity index (χ1n) is 6.47. The van der Waals surface area contributed by atoms with Crippen LogP contribution in [0.25, 0.3) is 0 Å². The van der Waals surface area contributed by atoms with Crippen LogP contribution in [-0.4, -0.2) is 0 Å². The average molecular weight is 218 g/mol. The quantitative estimate of drug-likeness (QED) is 0.331. The molecule has 0 fully saturated rings. The maximum atomic E-state index is 3.67. The fourth-order valence-electron chi connectivity index (χ4n) is 1.36. The Balaban J connectivity index is 3.29. The van der Waals surface area contributed by atoms with Crippen molar-refractivity contribution in [1.29, 1.82) is 0 Å². The van der Waals surface area contributed by atoms with Crippen LogP contribution < -0.4 is 0 Å². The summed E-state index contributed by atoms with van der Waals surface area (Å²) < 4.78 is 0. The second-order valence-electron chi connectivity index (χ2n) is 3.91. The molecule has 0 N–H and O–H groups in total. The van der Waals surface area contributed by atoms with Crippen LogP contribution in [0.15, 0.2) is 49.1 Å². The van der Waals surface area contributed by atoms with E-state index in [2.05, 4.69) is 50.0 Å². The number of unbranched alkanes of at least 4 members (excludes halogenated alkanes) is 3. The molecular weight excluding hydrogens is 192 g/mol. The van der Waals surface area contributed by atoms with Crippen molar-refractivity contribution in [2.75, 3.05) is 0 Å². The third-order valence-corrected chi connectivity index (χ3v) is 2.32. The zero-order valence-electron chi connectivity index (χ0n) is 10.7. The van der Waals surface area contributed by atoms with E-state index in [-0.39, 0.29) is 0 Å². The summed E-state index contributed by atoms with van der Waals surface area (Å²) in [6, 6.07) is 0. The molecule has 0 radical (unpaired) electrons. The molecule has 0 saturated carbocycles. The van der Waals surface area contributed by atoms with Crippen molar-refractivity contribution >= 4 is 0 Å². The number of hydrogen-bond acceptors (Lipinski definition) is 0. The van der Waals surface area contributed by atoms with Crippen LogP contribution in [-0.2, 0) is 0 Å². The van der Waals surface area contributed by atoms with Gasteiger partial charge in [0.2, 0.25) is 0 Å². The molecule has 0 heteroatoms. The predicted octanol–water partition coefficient (Wildman–Crippen LogP) is 5.59. The van der Waals surface area contributed by atoms with Crippen molar-refractivity contribution in [3.05, 3.63) is 49.1 Å². The smallest absolute Gasteiger partial charge is 0.0169 e. The maximum absolute atomic E-state index is 3.67. The van der Waals surface area contributed by atoms with Crippen LogP contribution in [0.1, 0.15) is 51.9 Å². The van der Waals surface area contributed by atoms with Gasteiger partial charge in [-0.2, -0.15) is 0 Å². The van der Waals surface area contributed by atoms with E-state index in [1.165, 1.54) is 25.7 Å². The summed E-state index contributed by atoms with van der Waals surface area (Å²) in [6.45, 7) is 5.91. The lowest BCUT2D eigenvalue weighted by Gasteiger charge is -1.90. The first kappa shape index (κ1) is 15.0. The fraction of sp³-hybridized carbons (Fsp3) is 0.500. The zero-order chi connectivity index (χ0) is 11.9. The molecule has 0 heterocycles. The highest BCUT2D eigenvalue weighted by molar-refractivity contribution is 4.98. The summed E-state index contributed by atoms with van der Waals surface area (Å²) >= 11 is 0. The SMILES string of the molecule is C=CC/C=C/C/C=C/C/C=C/CCCCC. The lowest BCUT2D eigenvalue weighted by atomic mass is 10.2. The van der Waals surface area contributed by atoms with Gasteiger partial charge >= 0.3 is 0 Å². The van der Waals surface area contributed by atoms with Gasteiger partial charge < -0.3 is 0 Å². The lowest BCUT2D eigenvalue weighted by Crippen LogP contribution is -1.70. The molecular formula is C16H26. The molecule has 0 saturated heterocycles. The second-order valence-corrected chi connectivity index (χ2v) is 3.91. The summed E-state index contributed by atoms with van der Waals surface area (Å²) in [7, 11) is 0. The molecule has 16 heavy (non-hydrogen) atoms. The Kier molecular flexibility index (Phi) is 13.1. The fourth-order valence-corrected chi connectivity index (χ4v) is 1.36. The molecule has 0 aliphatic rings. The van der Waals surface area contributed by atoms with E-state index < -0.39 is 0 Å². The van der Waals surface area contributed by atoms with Crippen molar-refractivity contribution in [1.82, 2.24) is 0 Å². The summed E-state index contributed by atoms with van der Waals surface area (Å²) in [6.07, 6.45) is 23.6. The first-order valence-corrected chi connectivity index (χ1v) is 6.47. The van der Waals surface area contributed by atoms with E-state index in [0.29, 0.717) is 0 Å². The molecule has 0 unspecified atom stereocenters. The summed E-state index contributed by atoms with van der Waals surface area (Å²) in [5, 5.41) is 0. The number of allylic oxidation sites excluding steroid dienone is 7. The Hall–Kier alpha value is -1.04. The van der Waals surface area contributed by atoms with Gasteiger partial charge in [0.25, 0.3) is 0 Å². The van der Waals surface area contributed by atoms with Crippen molar-refractivity contribution in [2.24, 2.45) is 0 Å². The molecule has 0 aromatic carbocycles. The largest absolute Gasteiger partial charge is 0.103 e. The van der Waals surface area contributed by atoms with Crippen molar-refractivity contribution in [3.63, 3.8) is 0 Å². The highest BCUT2D eigenvalue weighted by Crippen LogP contribution is 2.00. The van der Waals surface area contributed by atoms with Crippen molar-refractivity contribution in [2.45, 2.75) is 51.9 Å². The Bertz CT molecular complexity index is 218. The van der Waals surface area contributed by atoms with E-state index in [9.17, 15) is 0 Å². The predicted molar refractivity (Wildman–Crippen MR) is 75.6 cm³/mol. The van der Waals surface area contributed by atoms with Crippen molar-refractivity contribution in [3.8, 4) is 0 Å². The monoisotopic (exact) mass is 218 g/mol. The van der Waals surface area contributed by atoms with Crippen LogP contribution in [0, 0.1) is 0 Å². The topological polar surface area (TPSA) is 0 Å². The molecule has 0 nitrogen and oxygen atoms in total. The summed E-state index contributed by atoms with van der Waals surface area (Å²) in [5.74, 6) is 0. The highest BCUT2D eigenvalue weighted by atomic mass is 13.9. The molecule has 0 aromatic rings. The molecule has 0 amide bonds. The average Bonchev–Trinajstić information content (AvgIpc) is 2.31. The molecule has 0 atom stereocenters. The minimum absolute atomic E-state index is 0.977. The van der Waals surface area contributed by atoms with Crippen LogP contribution in [0.4, 0.5) is 0 Å². The van der Waals surface area contributed by atoms with Gasteiger partial charge in [-0.25, -0.2) is 0 Å². The summed E-state index contributed by atoms with van der Waals surface area (Å²) in [5.41, 5.74) is 0. The maximum Gasteiger partial charge on any atom is -0.0169 e. The minimum Gasteiger partial charge on any atom is -0.103 e. The van der Waals surface area contributed by atoms with Crippen LogP contribution >= 0.6 is 0 Å². The lowest BCUT2D eigenvalue weighted by molar-refractivity contribution is 0.728. The van der Waals surface area contributed by atoms with Gasteiger partial charge in [-0.3, -0.25) is 0 Å². The highest BCUT2D eigenvalue weighted by Gasteiger charge is 1.80. The Labute approximate surface area is 101 Å². The van der Waals surface area contributed by atoms with Gasteiger partial charge in [0, 0.05) is 0 Å². The van der Waals surface area contributed by atoms with E-state index in [1.54, 1.807) is 0 Å². The Morgan fingerprint density at radius 3 is 1.88 bits per heavy atom. The van der Waals surface area contributed by atoms with Gasteiger partial charge in [-0.05, 0) is 32.1 Å².